The minimum atomic E-state index is -0.886. The van der Waals surface area contributed by atoms with E-state index >= 15 is 0 Å². The lowest BCUT2D eigenvalue weighted by atomic mass is 9.95. The fourth-order valence-corrected chi connectivity index (χ4v) is 4.67. The lowest BCUT2D eigenvalue weighted by Gasteiger charge is -2.32. The first-order valence-corrected chi connectivity index (χ1v) is 11.3. The number of anilines is 1. The Morgan fingerprint density at radius 2 is 1.61 bits per heavy atom. The van der Waals surface area contributed by atoms with Gasteiger partial charge in [-0.05, 0) is 60.1 Å². The summed E-state index contributed by atoms with van der Waals surface area (Å²) in [6.45, 7) is 0.702. The van der Waals surface area contributed by atoms with Gasteiger partial charge in [0.05, 0.1) is 5.69 Å². The van der Waals surface area contributed by atoms with Crippen molar-refractivity contribution in [2.75, 3.05) is 4.90 Å². The quantitative estimate of drug-likeness (QED) is 0.329. The van der Waals surface area contributed by atoms with Crippen LogP contribution in [0, 0.1) is 5.92 Å². The van der Waals surface area contributed by atoms with Gasteiger partial charge < -0.3 is 9.88 Å². The number of rotatable bonds is 5. The number of thiocarbonyl (C=S) groups is 1. The highest BCUT2D eigenvalue weighted by Gasteiger charge is 2.39. The van der Waals surface area contributed by atoms with Crippen LogP contribution in [0.4, 0.5) is 5.69 Å². The Bertz CT molecular complexity index is 1370. The molecule has 1 aliphatic rings. The van der Waals surface area contributed by atoms with Crippen molar-refractivity contribution in [2.45, 2.75) is 13.0 Å². The zero-order valence-corrected chi connectivity index (χ0v) is 19.1. The Labute approximate surface area is 201 Å². The van der Waals surface area contributed by atoms with Crippen LogP contribution in [0.1, 0.15) is 11.1 Å². The van der Waals surface area contributed by atoms with Crippen LogP contribution in [0.25, 0.3) is 10.9 Å². The SMILES string of the molecule is O=C1NC(=S)N(c2ccc(Cl)cc2)C(=O)C1Cc1cn(Cc2ccccc2)c2ccccc12. The molecule has 0 bridgehead atoms. The summed E-state index contributed by atoms with van der Waals surface area (Å²) >= 11 is 11.3. The molecule has 0 radical (unpaired) electrons. The van der Waals surface area contributed by atoms with E-state index in [4.69, 9.17) is 23.8 Å². The van der Waals surface area contributed by atoms with Crippen molar-refractivity contribution in [1.82, 2.24) is 9.88 Å². The van der Waals surface area contributed by atoms with Crippen LogP contribution in [0.15, 0.2) is 85.1 Å². The van der Waals surface area contributed by atoms with E-state index in [1.807, 2.05) is 42.6 Å². The van der Waals surface area contributed by atoms with Crippen molar-refractivity contribution in [1.29, 1.82) is 0 Å². The summed E-state index contributed by atoms with van der Waals surface area (Å²) in [4.78, 5) is 27.6. The van der Waals surface area contributed by atoms with Crippen LogP contribution in [0.3, 0.4) is 0 Å². The van der Waals surface area contributed by atoms with Gasteiger partial charge in [-0.15, -0.1) is 0 Å². The second-order valence-electron chi connectivity index (χ2n) is 7.99. The van der Waals surface area contributed by atoms with Gasteiger partial charge in [-0.3, -0.25) is 14.5 Å². The highest BCUT2D eigenvalue weighted by molar-refractivity contribution is 7.80. The van der Waals surface area contributed by atoms with Crippen molar-refractivity contribution in [3.63, 3.8) is 0 Å². The van der Waals surface area contributed by atoms with E-state index in [0.29, 0.717) is 17.3 Å². The number of amides is 2. The van der Waals surface area contributed by atoms with Gasteiger partial charge in [0.2, 0.25) is 11.8 Å². The fraction of sp³-hybridized carbons (Fsp3) is 0.115. The molecule has 0 aliphatic carbocycles. The number of halogens is 1. The van der Waals surface area contributed by atoms with E-state index < -0.39 is 5.92 Å². The number of aromatic nitrogens is 1. The summed E-state index contributed by atoms with van der Waals surface area (Å²) in [5.41, 5.74) is 3.76. The number of carbonyl (C=O) groups is 2. The molecule has 1 unspecified atom stereocenters. The number of nitrogens with one attached hydrogen (secondary N) is 1. The van der Waals surface area contributed by atoms with Crippen LogP contribution >= 0.6 is 23.8 Å². The van der Waals surface area contributed by atoms with Crippen molar-refractivity contribution in [3.05, 3.63) is 101 Å². The van der Waals surface area contributed by atoms with E-state index in [1.54, 1.807) is 24.3 Å². The second kappa shape index (κ2) is 8.81. The Hall–Kier alpha value is -3.48. The van der Waals surface area contributed by atoms with Gasteiger partial charge in [-0.25, -0.2) is 0 Å². The van der Waals surface area contributed by atoms with Crippen LogP contribution < -0.4 is 10.2 Å². The van der Waals surface area contributed by atoms with Crippen LogP contribution in [-0.2, 0) is 22.6 Å². The summed E-state index contributed by atoms with van der Waals surface area (Å²) in [6.07, 6.45) is 2.32. The lowest BCUT2D eigenvalue weighted by molar-refractivity contribution is -0.133. The van der Waals surface area contributed by atoms with Gasteiger partial charge in [0.15, 0.2) is 5.11 Å². The third-order valence-electron chi connectivity index (χ3n) is 5.84. The van der Waals surface area contributed by atoms with E-state index in [-0.39, 0.29) is 23.3 Å². The van der Waals surface area contributed by atoms with E-state index in [9.17, 15) is 9.59 Å². The molecule has 1 aliphatic heterocycles. The summed E-state index contributed by atoms with van der Waals surface area (Å²) in [5.74, 6) is -1.61. The smallest absolute Gasteiger partial charge is 0.246 e. The molecule has 5 nitrogen and oxygen atoms in total. The minimum Gasteiger partial charge on any atom is -0.343 e. The number of benzene rings is 3. The van der Waals surface area contributed by atoms with Gasteiger partial charge in [0.1, 0.15) is 5.92 Å². The first kappa shape index (κ1) is 21.4. The van der Waals surface area contributed by atoms with Crippen molar-refractivity contribution < 1.29 is 9.59 Å². The fourth-order valence-electron chi connectivity index (χ4n) is 4.25. The third-order valence-corrected chi connectivity index (χ3v) is 6.38. The first-order valence-electron chi connectivity index (χ1n) is 10.6. The normalized spacial score (nSPS) is 16.3. The molecule has 1 N–H and O–H groups in total. The number of fused-ring (bicyclic) bond motifs is 1. The number of hydrogen-bond donors (Lipinski definition) is 1. The van der Waals surface area contributed by atoms with Crippen LogP contribution in [0.5, 0.6) is 0 Å². The second-order valence-corrected chi connectivity index (χ2v) is 8.81. The zero-order valence-electron chi connectivity index (χ0n) is 17.6. The molecule has 4 aromatic rings. The molecule has 1 aromatic heterocycles. The maximum absolute atomic E-state index is 13.4. The molecule has 0 spiro atoms. The van der Waals surface area contributed by atoms with Crippen molar-refractivity contribution in [2.24, 2.45) is 5.92 Å². The topological polar surface area (TPSA) is 54.3 Å². The molecule has 33 heavy (non-hydrogen) atoms. The molecule has 2 heterocycles. The summed E-state index contributed by atoms with van der Waals surface area (Å²) in [6, 6.07) is 25.0. The summed E-state index contributed by atoms with van der Waals surface area (Å²) in [7, 11) is 0. The Morgan fingerprint density at radius 1 is 0.909 bits per heavy atom. The highest BCUT2D eigenvalue weighted by atomic mass is 35.5. The van der Waals surface area contributed by atoms with Crippen LogP contribution in [0.2, 0.25) is 5.02 Å². The Balaban J connectivity index is 1.48. The molecular formula is C26H20ClN3O2S. The van der Waals surface area contributed by atoms with Gasteiger partial charge >= 0.3 is 0 Å². The molecule has 7 heteroatoms. The average Bonchev–Trinajstić information content (AvgIpc) is 3.16. The predicted octanol–water partition coefficient (Wildman–Crippen LogP) is 4.95. The standard InChI is InChI=1S/C26H20ClN3O2S/c27-19-10-12-20(13-11-19)30-25(32)22(24(31)28-26(30)33)14-18-16-29(15-17-6-2-1-3-7-17)23-9-5-4-8-21(18)23/h1-13,16,22H,14-15H2,(H,28,31,33). The highest BCUT2D eigenvalue weighted by Crippen LogP contribution is 2.28. The average molecular weight is 474 g/mol. The van der Waals surface area contributed by atoms with E-state index in [2.05, 4.69) is 28.1 Å². The van der Waals surface area contributed by atoms with Gasteiger partial charge in [0, 0.05) is 28.7 Å². The number of nitrogens with zero attached hydrogens (tertiary/aromatic N) is 2. The number of carbonyl (C=O) groups excluding carboxylic acids is 2. The molecule has 1 fully saturated rings. The molecule has 2 amide bonds. The van der Waals surface area contributed by atoms with E-state index in [0.717, 1.165) is 16.5 Å². The molecule has 1 saturated heterocycles. The first-order chi connectivity index (χ1) is 16.0. The Morgan fingerprint density at radius 3 is 2.36 bits per heavy atom. The van der Waals surface area contributed by atoms with Gasteiger partial charge in [0.25, 0.3) is 0 Å². The third kappa shape index (κ3) is 4.15. The lowest BCUT2D eigenvalue weighted by Crippen LogP contribution is -2.58. The molecule has 1 atom stereocenters. The summed E-state index contributed by atoms with van der Waals surface area (Å²) < 4.78 is 2.16. The maximum Gasteiger partial charge on any atom is 0.246 e. The predicted molar refractivity (Wildman–Crippen MR) is 134 cm³/mol. The largest absolute Gasteiger partial charge is 0.343 e. The number of para-hydroxylation sites is 1. The van der Waals surface area contributed by atoms with Crippen molar-refractivity contribution >= 4 is 57.3 Å². The molecule has 5 rings (SSSR count). The minimum absolute atomic E-state index is 0.0788. The molecule has 0 saturated carbocycles. The van der Waals surface area contributed by atoms with Crippen molar-refractivity contribution in [3.8, 4) is 0 Å². The van der Waals surface area contributed by atoms with Crippen LogP contribution in [-0.4, -0.2) is 21.5 Å². The Kier molecular flexibility index (Phi) is 5.70. The maximum atomic E-state index is 13.4. The monoisotopic (exact) mass is 473 g/mol. The molecular weight excluding hydrogens is 454 g/mol. The van der Waals surface area contributed by atoms with Gasteiger partial charge in [-0.2, -0.15) is 0 Å². The number of hydrogen-bond acceptors (Lipinski definition) is 3. The summed E-state index contributed by atoms with van der Waals surface area (Å²) in [5, 5.41) is 4.36. The zero-order chi connectivity index (χ0) is 22.9. The molecule has 3 aromatic carbocycles. The molecule has 164 valence electrons. The van der Waals surface area contributed by atoms with Gasteiger partial charge in [-0.1, -0.05) is 60.1 Å². The van der Waals surface area contributed by atoms with E-state index in [1.165, 1.54) is 10.5 Å².